The summed E-state index contributed by atoms with van der Waals surface area (Å²) in [6.07, 6.45) is -3.39. The van der Waals surface area contributed by atoms with Crippen LogP contribution < -0.4 is 10.2 Å². The number of hydrogen-bond donors (Lipinski definition) is 1. The molecule has 0 aliphatic heterocycles. The van der Waals surface area contributed by atoms with Gasteiger partial charge in [-0.25, -0.2) is 4.98 Å². The predicted octanol–water partition coefficient (Wildman–Crippen LogP) is 4.01. The van der Waals surface area contributed by atoms with E-state index in [0.29, 0.717) is 24.8 Å². The van der Waals surface area contributed by atoms with Gasteiger partial charge in [-0.3, -0.25) is 0 Å². The highest BCUT2D eigenvalue weighted by Gasteiger charge is 2.32. The third-order valence-electron chi connectivity index (χ3n) is 3.17. The van der Waals surface area contributed by atoms with E-state index in [-0.39, 0.29) is 5.82 Å². The van der Waals surface area contributed by atoms with Crippen LogP contribution in [0.3, 0.4) is 0 Å². The Bertz CT molecular complexity index is 432. The number of nitrogens with one attached hydrogen (secondary N) is 1. The van der Waals surface area contributed by atoms with Gasteiger partial charge in [0.15, 0.2) is 0 Å². The molecule has 0 aliphatic carbocycles. The van der Waals surface area contributed by atoms with E-state index in [1.165, 1.54) is 0 Å². The summed E-state index contributed by atoms with van der Waals surface area (Å²) in [5, 5.41) is 2.84. The smallest absolute Gasteiger partial charge is 0.370 e. The van der Waals surface area contributed by atoms with Crippen LogP contribution in [0.4, 0.5) is 24.8 Å². The van der Waals surface area contributed by atoms with Gasteiger partial charge in [-0.1, -0.05) is 20.3 Å². The van der Waals surface area contributed by atoms with Crippen LogP contribution in [-0.2, 0) is 6.18 Å². The fourth-order valence-electron chi connectivity index (χ4n) is 1.84. The molecule has 0 amide bonds. The maximum absolute atomic E-state index is 12.9. The van der Waals surface area contributed by atoms with E-state index in [4.69, 9.17) is 0 Å². The first kappa shape index (κ1) is 16.6. The van der Waals surface area contributed by atoms with Gasteiger partial charge in [0, 0.05) is 20.1 Å². The summed E-state index contributed by atoms with van der Waals surface area (Å²) < 4.78 is 38.7. The molecule has 114 valence electrons. The van der Waals surface area contributed by atoms with E-state index in [9.17, 15) is 13.2 Å². The standard InChI is InChI=1S/C14H22F3N3/c1-5-10(3)9-20(4)13-8-11(14(15,16)17)7-12(19-13)18-6-2/h7-8,10H,5-6,9H2,1-4H3,(H,18,19). The molecule has 0 bridgehead atoms. The van der Waals surface area contributed by atoms with Gasteiger partial charge in [-0.15, -0.1) is 0 Å². The summed E-state index contributed by atoms with van der Waals surface area (Å²) >= 11 is 0. The zero-order valence-corrected chi connectivity index (χ0v) is 12.4. The van der Waals surface area contributed by atoms with Crippen molar-refractivity contribution in [3.63, 3.8) is 0 Å². The Balaban J connectivity index is 3.08. The molecule has 0 saturated heterocycles. The van der Waals surface area contributed by atoms with Gasteiger partial charge in [0.2, 0.25) is 0 Å². The van der Waals surface area contributed by atoms with Gasteiger partial charge in [0.1, 0.15) is 11.6 Å². The third kappa shape index (κ3) is 4.58. The second-order valence-corrected chi connectivity index (χ2v) is 5.02. The van der Waals surface area contributed by atoms with Crippen LogP contribution in [0.25, 0.3) is 0 Å². The summed E-state index contributed by atoms with van der Waals surface area (Å²) in [4.78, 5) is 6.01. The summed E-state index contributed by atoms with van der Waals surface area (Å²) in [5.74, 6) is 1.00. The predicted molar refractivity (Wildman–Crippen MR) is 76.1 cm³/mol. The molecule has 0 spiro atoms. The molecule has 1 rings (SSSR count). The van der Waals surface area contributed by atoms with Gasteiger partial charge in [0.05, 0.1) is 5.56 Å². The molecule has 1 N–H and O–H groups in total. The first-order valence-electron chi connectivity index (χ1n) is 6.82. The van der Waals surface area contributed by atoms with Crippen molar-refractivity contribution in [3.8, 4) is 0 Å². The zero-order valence-electron chi connectivity index (χ0n) is 12.4. The number of hydrogen-bond acceptors (Lipinski definition) is 3. The van der Waals surface area contributed by atoms with Crippen LogP contribution >= 0.6 is 0 Å². The minimum Gasteiger partial charge on any atom is -0.370 e. The Morgan fingerprint density at radius 3 is 2.45 bits per heavy atom. The zero-order chi connectivity index (χ0) is 15.3. The summed E-state index contributed by atoms with van der Waals surface area (Å²) in [6.45, 7) is 7.15. The lowest BCUT2D eigenvalue weighted by atomic mass is 10.1. The van der Waals surface area contributed by atoms with Crippen molar-refractivity contribution in [2.24, 2.45) is 5.92 Å². The van der Waals surface area contributed by atoms with Crippen molar-refractivity contribution in [1.82, 2.24) is 4.98 Å². The Morgan fingerprint density at radius 2 is 1.95 bits per heavy atom. The van der Waals surface area contributed by atoms with Crippen molar-refractivity contribution in [3.05, 3.63) is 17.7 Å². The number of aromatic nitrogens is 1. The number of pyridine rings is 1. The normalized spacial score (nSPS) is 13.2. The largest absolute Gasteiger partial charge is 0.416 e. The molecule has 1 heterocycles. The van der Waals surface area contributed by atoms with Gasteiger partial charge < -0.3 is 10.2 Å². The lowest BCUT2D eigenvalue weighted by Gasteiger charge is -2.23. The van der Waals surface area contributed by atoms with Crippen LogP contribution in [0.15, 0.2) is 12.1 Å². The number of rotatable bonds is 6. The van der Waals surface area contributed by atoms with Gasteiger partial charge in [0.25, 0.3) is 0 Å². The van der Waals surface area contributed by atoms with Crippen LogP contribution in [0.1, 0.15) is 32.8 Å². The molecule has 1 aromatic heterocycles. The summed E-state index contributed by atoms with van der Waals surface area (Å²) in [5.41, 5.74) is -0.672. The van der Waals surface area contributed by atoms with Crippen LogP contribution in [-0.4, -0.2) is 25.1 Å². The van der Waals surface area contributed by atoms with Gasteiger partial charge in [-0.2, -0.15) is 13.2 Å². The minimum atomic E-state index is -4.36. The molecule has 0 fully saturated rings. The van der Waals surface area contributed by atoms with Crippen molar-refractivity contribution < 1.29 is 13.2 Å². The summed E-state index contributed by atoms with van der Waals surface area (Å²) in [6, 6.07) is 2.15. The molecule has 20 heavy (non-hydrogen) atoms. The molecule has 1 unspecified atom stereocenters. The van der Waals surface area contributed by atoms with E-state index in [1.807, 2.05) is 6.92 Å². The second-order valence-electron chi connectivity index (χ2n) is 5.02. The number of halogens is 3. The SMILES string of the molecule is CCNc1cc(C(F)(F)F)cc(N(C)CC(C)CC)n1. The first-order valence-corrected chi connectivity index (χ1v) is 6.82. The van der Waals surface area contributed by atoms with Crippen molar-refractivity contribution in [2.45, 2.75) is 33.4 Å². The molecule has 1 atom stereocenters. The van der Waals surface area contributed by atoms with E-state index in [2.05, 4.69) is 24.1 Å². The molecular formula is C14H22F3N3. The minimum absolute atomic E-state index is 0.258. The quantitative estimate of drug-likeness (QED) is 0.857. The second kappa shape index (κ2) is 6.81. The Morgan fingerprint density at radius 1 is 1.30 bits per heavy atom. The van der Waals surface area contributed by atoms with Crippen molar-refractivity contribution in [2.75, 3.05) is 30.4 Å². The molecule has 6 heteroatoms. The van der Waals surface area contributed by atoms with E-state index in [1.54, 1.807) is 11.9 Å². The third-order valence-corrected chi connectivity index (χ3v) is 3.17. The van der Waals surface area contributed by atoms with Crippen molar-refractivity contribution >= 4 is 11.6 Å². The van der Waals surface area contributed by atoms with Gasteiger partial charge in [-0.05, 0) is 25.0 Å². The first-order chi connectivity index (χ1) is 9.27. The lowest BCUT2D eigenvalue weighted by Crippen LogP contribution is -2.25. The topological polar surface area (TPSA) is 28.2 Å². The van der Waals surface area contributed by atoms with Gasteiger partial charge >= 0.3 is 6.18 Å². The highest BCUT2D eigenvalue weighted by atomic mass is 19.4. The molecule has 1 aromatic rings. The monoisotopic (exact) mass is 289 g/mol. The maximum Gasteiger partial charge on any atom is 0.416 e. The van der Waals surface area contributed by atoms with E-state index in [0.717, 1.165) is 18.6 Å². The molecule has 0 saturated carbocycles. The molecule has 0 aliphatic rings. The maximum atomic E-state index is 12.9. The summed E-state index contributed by atoms with van der Waals surface area (Å²) in [7, 11) is 1.77. The van der Waals surface area contributed by atoms with Crippen LogP contribution in [0, 0.1) is 5.92 Å². The highest BCUT2D eigenvalue weighted by molar-refractivity contribution is 5.51. The van der Waals surface area contributed by atoms with Crippen LogP contribution in [0.2, 0.25) is 0 Å². The molecule has 3 nitrogen and oxygen atoms in total. The number of anilines is 2. The fourth-order valence-corrected chi connectivity index (χ4v) is 1.84. The van der Waals surface area contributed by atoms with Crippen molar-refractivity contribution in [1.29, 1.82) is 0 Å². The molecular weight excluding hydrogens is 267 g/mol. The lowest BCUT2D eigenvalue weighted by molar-refractivity contribution is -0.137. The highest BCUT2D eigenvalue weighted by Crippen LogP contribution is 2.32. The Kier molecular flexibility index (Phi) is 5.65. The van der Waals surface area contributed by atoms with E-state index < -0.39 is 11.7 Å². The van der Waals surface area contributed by atoms with Crippen LogP contribution in [0.5, 0.6) is 0 Å². The molecule has 0 aromatic carbocycles. The Hall–Kier alpha value is -1.46. The Labute approximate surface area is 118 Å². The number of alkyl halides is 3. The van der Waals surface area contributed by atoms with E-state index >= 15 is 0 Å². The number of nitrogens with zero attached hydrogens (tertiary/aromatic N) is 2. The average molecular weight is 289 g/mol. The fraction of sp³-hybridized carbons (Fsp3) is 0.643. The average Bonchev–Trinajstić information content (AvgIpc) is 2.37. The molecule has 0 radical (unpaired) electrons.